The van der Waals surface area contributed by atoms with Crippen LogP contribution in [0, 0.1) is 5.92 Å². The van der Waals surface area contributed by atoms with E-state index in [4.69, 9.17) is 5.73 Å². The van der Waals surface area contributed by atoms with Gasteiger partial charge in [0.05, 0.1) is 0 Å². The van der Waals surface area contributed by atoms with Gasteiger partial charge in [-0.05, 0) is 65.6 Å². The lowest BCUT2D eigenvalue weighted by Crippen LogP contribution is -2.42. The van der Waals surface area contributed by atoms with Crippen molar-refractivity contribution in [3.05, 3.63) is 0 Å². The molecular formula is C17H36IN5O. The lowest BCUT2D eigenvalue weighted by Gasteiger charge is -2.30. The van der Waals surface area contributed by atoms with Crippen LogP contribution in [0.15, 0.2) is 4.99 Å². The molecule has 1 rings (SSSR count). The van der Waals surface area contributed by atoms with Crippen molar-refractivity contribution < 1.29 is 4.79 Å². The Bertz CT molecular complexity index is 370. The van der Waals surface area contributed by atoms with Crippen LogP contribution in [0.5, 0.6) is 0 Å². The maximum Gasteiger partial charge on any atom is 0.220 e. The Balaban J connectivity index is 0.00000529. The van der Waals surface area contributed by atoms with Crippen molar-refractivity contribution in [3.8, 4) is 0 Å². The number of hydrogen-bond acceptors (Lipinski definition) is 3. The zero-order valence-corrected chi connectivity index (χ0v) is 17.8. The standard InChI is InChI=1S/C17H35N5O.HI/c1-4-14(3)21-17(19-5-2)20-10-6-7-11-22-12-8-15(9-13-22)16(18)23;/h14-15H,4-13H2,1-3H3,(H2,18,23)(H2,19,20,21);1H. The molecule has 1 aliphatic rings. The van der Waals surface area contributed by atoms with Crippen LogP contribution in [-0.2, 0) is 4.79 Å². The number of likely N-dealkylation sites (tertiary alicyclic amines) is 1. The molecule has 142 valence electrons. The predicted molar refractivity (Wildman–Crippen MR) is 112 cm³/mol. The van der Waals surface area contributed by atoms with E-state index in [2.05, 4.69) is 41.3 Å². The van der Waals surface area contributed by atoms with Gasteiger partial charge >= 0.3 is 0 Å². The molecule has 1 saturated heterocycles. The lowest BCUT2D eigenvalue weighted by molar-refractivity contribution is -0.123. The maximum atomic E-state index is 11.2. The quantitative estimate of drug-likeness (QED) is 0.216. The van der Waals surface area contributed by atoms with E-state index in [1.54, 1.807) is 0 Å². The number of aliphatic imine (C=N–C) groups is 1. The molecule has 4 N–H and O–H groups in total. The fourth-order valence-electron chi connectivity index (χ4n) is 2.73. The first-order valence-corrected chi connectivity index (χ1v) is 9.13. The van der Waals surface area contributed by atoms with Crippen LogP contribution in [0.25, 0.3) is 0 Å². The second-order valence-corrected chi connectivity index (χ2v) is 6.44. The van der Waals surface area contributed by atoms with Gasteiger partial charge in [0.2, 0.25) is 5.91 Å². The number of amides is 1. The zero-order valence-electron chi connectivity index (χ0n) is 15.5. The molecular weight excluding hydrogens is 417 g/mol. The Morgan fingerprint density at radius 2 is 1.96 bits per heavy atom. The first-order valence-electron chi connectivity index (χ1n) is 9.13. The number of piperidine rings is 1. The fourth-order valence-corrected chi connectivity index (χ4v) is 2.73. The van der Waals surface area contributed by atoms with Crippen molar-refractivity contribution >= 4 is 35.8 Å². The van der Waals surface area contributed by atoms with E-state index in [1.807, 2.05) is 0 Å². The summed E-state index contributed by atoms with van der Waals surface area (Å²) in [4.78, 5) is 18.2. The summed E-state index contributed by atoms with van der Waals surface area (Å²) in [6.07, 6.45) is 5.15. The number of unbranched alkanes of at least 4 members (excludes halogenated alkanes) is 1. The van der Waals surface area contributed by atoms with Crippen LogP contribution < -0.4 is 16.4 Å². The molecule has 0 aromatic rings. The van der Waals surface area contributed by atoms with Crippen molar-refractivity contribution in [2.45, 2.75) is 58.9 Å². The summed E-state index contributed by atoms with van der Waals surface area (Å²) >= 11 is 0. The number of guanidine groups is 1. The van der Waals surface area contributed by atoms with Gasteiger partial charge in [-0.25, -0.2) is 0 Å². The number of nitrogens with two attached hydrogens (primary N) is 1. The molecule has 0 aromatic carbocycles. The number of primary amides is 1. The number of halogens is 1. The first-order chi connectivity index (χ1) is 11.1. The Morgan fingerprint density at radius 3 is 2.50 bits per heavy atom. The molecule has 1 heterocycles. The number of carbonyl (C=O) groups excluding carboxylic acids is 1. The highest BCUT2D eigenvalue weighted by Crippen LogP contribution is 2.16. The number of nitrogens with zero attached hydrogens (tertiary/aromatic N) is 2. The van der Waals surface area contributed by atoms with E-state index >= 15 is 0 Å². The van der Waals surface area contributed by atoms with Gasteiger partial charge in [0.25, 0.3) is 0 Å². The van der Waals surface area contributed by atoms with Crippen molar-refractivity contribution in [3.63, 3.8) is 0 Å². The van der Waals surface area contributed by atoms with E-state index in [0.29, 0.717) is 6.04 Å². The van der Waals surface area contributed by atoms with Gasteiger partial charge < -0.3 is 21.3 Å². The van der Waals surface area contributed by atoms with Crippen LogP contribution in [0.1, 0.15) is 52.9 Å². The van der Waals surface area contributed by atoms with Crippen LogP contribution in [0.2, 0.25) is 0 Å². The van der Waals surface area contributed by atoms with Crippen LogP contribution in [-0.4, -0.2) is 55.5 Å². The molecule has 6 nitrogen and oxygen atoms in total. The zero-order chi connectivity index (χ0) is 17.1. The summed E-state index contributed by atoms with van der Waals surface area (Å²) in [6.45, 7) is 11.2. The van der Waals surface area contributed by atoms with E-state index in [1.165, 1.54) is 0 Å². The fraction of sp³-hybridized carbons (Fsp3) is 0.882. The Kier molecular flexibility index (Phi) is 13.4. The van der Waals surface area contributed by atoms with E-state index in [-0.39, 0.29) is 35.8 Å². The molecule has 1 atom stereocenters. The number of nitrogens with one attached hydrogen (secondary N) is 2. The van der Waals surface area contributed by atoms with Crippen LogP contribution in [0.3, 0.4) is 0 Å². The molecule has 0 bridgehead atoms. The highest BCUT2D eigenvalue weighted by molar-refractivity contribution is 14.0. The Morgan fingerprint density at radius 1 is 1.29 bits per heavy atom. The maximum absolute atomic E-state index is 11.2. The number of hydrogen-bond donors (Lipinski definition) is 3. The second-order valence-electron chi connectivity index (χ2n) is 6.44. The third kappa shape index (κ3) is 9.66. The smallest absolute Gasteiger partial charge is 0.220 e. The van der Waals surface area contributed by atoms with Gasteiger partial charge in [-0.1, -0.05) is 6.92 Å². The molecule has 1 fully saturated rings. The summed E-state index contributed by atoms with van der Waals surface area (Å²) in [5.41, 5.74) is 5.37. The van der Waals surface area contributed by atoms with Gasteiger partial charge in [-0.15, -0.1) is 24.0 Å². The van der Waals surface area contributed by atoms with Gasteiger partial charge in [0.15, 0.2) is 5.96 Å². The van der Waals surface area contributed by atoms with Gasteiger partial charge in [0, 0.05) is 25.0 Å². The number of rotatable bonds is 9. The summed E-state index contributed by atoms with van der Waals surface area (Å²) in [7, 11) is 0. The average Bonchev–Trinajstić information content (AvgIpc) is 2.54. The van der Waals surface area contributed by atoms with Gasteiger partial charge in [-0.3, -0.25) is 9.79 Å². The Hall–Kier alpha value is -0.570. The second kappa shape index (κ2) is 13.7. The Labute approximate surface area is 164 Å². The molecule has 0 spiro atoms. The van der Waals surface area contributed by atoms with Gasteiger partial charge in [0.1, 0.15) is 0 Å². The number of carbonyl (C=O) groups is 1. The monoisotopic (exact) mass is 453 g/mol. The van der Waals surface area contributed by atoms with Crippen LogP contribution in [0.4, 0.5) is 0 Å². The minimum absolute atomic E-state index is 0. The summed E-state index contributed by atoms with van der Waals surface area (Å²) in [5.74, 6) is 0.873. The summed E-state index contributed by atoms with van der Waals surface area (Å²) < 4.78 is 0. The third-order valence-corrected chi connectivity index (χ3v) is 4.48. The normalized spacial score (nSPS) is 17.9. The summed E-state index contributed by atoms with van der Waals surface area (Å²) in [6, 6.07) is 0.444. The minimum Gasteiger partial charge on any atom is -0.369 e. The highest BCUT2D eigenvalue weighted by atomic mass is 127. The molecule has 0 aromatic heterocycles. The molecule has 0 saturated carbocycles. The van der Waals surface area contributed by atoms with Crippen LogP contribution >= 0.6 is 24.0 Å². The third-order valence-electron chi connectivity index (χ3n) is 4.48. The molecule has 0 radical (unpaired) electrons. The van der Waals surface area contributed by atoms with E-state index in [9.17, 15) is 4.79 Å². The van der Waals surface area contributed by atoms with E-state index in [0.717, 1.165) is 70.8 Å². The van der Waals surface area contributed by atoms with Crippen molar-refractivity contribution in [1.82, 2.24) is 15.5 Å². The topological polar surface area (TPSA) is 82.8 Å². The average molecular weight is 453 g/mol. The highest BCUT2D eigenvalue weighted by Gasteiger charge is 2.22. The lowest BCUT2D eigenvalue weighted by atomic mass is 9.96. The molecule has 24 heavy (non-hydrogen) atoms. The molecule has 1 amide bonds. The minimum atomic E-state index is -0.135. The predicted octanol–water partition coefficient (Wildman–Crippen LogP) is 1.94. The molecule has 7 heteroatoms. The summed E-state index contributed by atoms with van der Waals surface area (Å²) in [5, 5.41) is 6.70. The van der Waals surface area contributed by atoms with Gasteiger partial charge in [-0.2, -0.15) is 0 Å². The van der Waals surface area contributed by atoms with Crippen molar-refractivity contribution in [2.75, 3.05) is 32.7 Å². The molecule has 1 aliphatic heterocycles. The SMILES string of the molecule is CCNC(=NCCCCN1CCC(C(N)=O)CC1)NC(C)CC.I. The van der Waals surface area contributed by atoms with Crippen molar-refractivity contribution in [1.29, 1.82) is 0 Å². The molecule has 0 aliphatic carbocycles. The largest absolute Gasteiger partial charge is 0.369 e. The van der Waals surface area contributed by atoms with Crippen molar-refractivity contribution in [2.24, 2.45) is 16.6 Å². The van der Waals surface area contributed by atoms with E-state index < -0.39 is 0 Å². The first kappa shape index (κ1) is 23.4. The molecule has 1 unspecified atom stereocenters.